The van der Waals surface area contributed by atoms with Crippen molar-refractivity contribution >= 4 is 0 Å². The number of nitrogens with zero attached hydrogens (tertiary/aromatic N) is 4. The number of hydrogen-bond donors (Lipinski definition) is 1. The third kappa shape index (κ3) is 3.28. The van der Waals surface area contributed by atoms with E-state index in [0.717, 1.165) is 12.4 Å². The van der Waals surface area contributed by atoms with E-state index in [4.69, 9.17) is 0 Å². The van der Waals surface area contributed by atoms with Crippen LogP contribution in [-0.2, 0) is 6.54 Å². The lowest BCUT2D eigenvalue weighted by molar-refractivity contribution is 0.337. The summed E-state index contributed by atoms with van der Waals surface area (Å²) < 4.78 is 2.02. The maximum atomic E-state index is 4.18. The number of rotatable bonds is 3. The topological polar surface area (TPSA) is 55.6 Å². The average molecular weight is 251 g/mol. The van der Waals surface area contributed by atoms with E-state index in [9.17, 15) is 0 Å². The van der Waals surface area contributed by atoms with Gasteiger partial charge in [-0.05, 0) is 55.9 Å². The summed E-state index contributed by atoms with van der Waals surface area (Å²) in [4.78, 5) is 0. The Balaban J connectivity index is 2.04. The predicted molar refractivity (Wildman–Crippen MR) is 71.1 cm³/mol. The number of aromatic nitrogens is 4. The summed E-state index contributed by atoms with van der Waals surface area (Å²) >= 11 is 0. The molecule has 0 radical (unpaired) electrons. The smallest absolute Gasteiger partial charge is 0.165 e. The maximum Gasteiger partial charge on any atom is 0.165 e. The fourth-order valence-corrected chi connectivity index (χ4v) is 2.56. The van der Waals surface area contributed by atoms with E-state index in [2.05, 4.69) is 55.5 Å². The van der Waals surface area contributed by atoms with Crippen LogP contribution >= 0.6 is 0 Å². The summed E-state index contributed by atoms with van der Waals surface area (Å²) in [5.74, 6) is 0.952. The molecule has 0 bridgehead atoms. The molecule has 0 amide bonds. The molecule has 1 aliphatic rings. The van der Waals surface area contributed by atoms with E-state index in [-0.39, 0.29) is 5.54 Å². The molecular formula is C13H25N5. The average Bonchev–Trinajstić information content (AvgIpc) is 2.79. The molecule has 1 fully saturated rings. The lowest BCUT2D eigenvalue weighted by Crippen LogP contribution is -2.36. The maximum absolute atomic E-state index is 4.18. The molecule has 5 nitrogen and oxygen atoms in total. The normalized spacial score (nSPS) is 23.5. The summed E-state index contributed by atoms with van der Waals surface area (Å²) in [6, 6.07) is 0.465. The predicted octanol–water partition coefficient (Wildman–Crippen LogP) is 2.31. The van der Waals surface area contributed by atoms with Gasteiger partial charge in [-0.25, -0.2) is 4.68 Å². The minimum absolute atomic E-state index is 0.0890. The highest BCUT2D eigenvalue weighted by molar-refractivity contribution is 4.91. The highest BCUT2D eigenvalue weighted by atomic mass is 15.6. The lowest BCUT2D eigenvalue weighted by Gasteiger charge is -2.21. The Hall–Kier alpha value is -0.970. The van der Waals surface area contributed by atoms with Crippen LogP contribution in [0.15, 0.2) is 0 Å². The van der Waals surface area contributed by atoms with Crippen molar-refractivity contribution < 1.29 is 0 Å². The number of tetrazole rings is 1. The molecule has 5 heteroatoms. The van der Waals surface area contributed by atoms with Crippen molar-refractivity contribution in [3.8, 4) is 0 Å². The van der Waals surface area contributed by atoms with Crippen molar-refractivity contribution in [3.63, 3.8) is 0 Å². The van der Waals surface area contributed by atoms with Crippen LogP contribution in [0.25, 0.3) is 0 Å². The van der Waals surface area contributed by atoms with Crippen molar-refractivity contribution in [2.45, 2.75) is 72.0 Å². The largest absolute Gasteiger partial charge is 0.305 e. The molecule has 0 spiro atoms. The fourth-order valence-electron chi connectivity index (χ4n) is 2.56. The molecule has 1 heterocycles. The molecule has 1 saturated carbocycles. The summed E-state index contributed by atoms with van der Waals surface area (Å²) in [6.07, 6.45) is 3.60. The van der Waals surface area contributed by atoms with Crippen LogP contribution in [0, 0.1) is 5.41 Å². The van der Waals surface area contributed by atoms with Crippen molar-refractivity contribution in [2.24, 2.45) is 5.41 Å². The zero-order valence-electron chi connectivity index (χ0n) is 12.2. The molecule has 18 heavy (non-hydrogen) atoms. The highest BCUT2D eigenvalue weighted by Crippen LogP contribution is 2.43. The van der Waals surface area contributed by atoms with Gasteiger partial charge in [0.1, 0.15) is 0 Å². The zero-order valence-corrected chi connectivity index (χ0v) is 12.2. The van der Waals surface area contributed by atoms with Crippen LogP contribution in [0.5, 0.6) is 0 Å². The van der Waals surface area contributed by atoms with Crippen molar-refractivity contribution in [3.05, 3.63) is 5.82 Å². The van der Waals surface area contributed by atoms with Gasteiger partial charge in [0.25, 0.3) is 0 Å². The minimum Gasteiger partial charge on any atom is -0.305 e. The summed E-state index contributed by atoms with van der Waals surface area (Å²) in [5.41, 5.74) is 0.511. The Morgan fingerprint density at radius 2 is 2.11 bits per heavy atom. The van der Waals surface area contributed by atoms with Crippen molar-refractivity contribution in [2.75, 3.05) is 0 Å². The van der Waals surface area contributed by atoms with E-state index >= 15 is 0 Å². The van der Waals surface area contributed by atoms with Gasteiger partial charge >= 0.3 is 0 Å². The van der Waals surface area contributed by atoms with Gasteiger partial charge in [-0.2, -0.15) is 0 Å². The van der Waals surface area contributed by atoms with Gasteiger partial charge in [-0.15, -0.1) is 5.10 Å². The summed E-state index contributed by atoms with van der Waals surface area (Å²) in [6.45, 7) is 11.8. The highest BCUT2D eigenvalue weighted by Gasteiger charge is 2.33. The van der Waals surface area contributed by atoms with Gasteiger partial charge in [0.2, 0.25) is 0 Å². The third-order valence-corrected chi connectivity index (χ3v) is 3.63. The van der Waals surface area contributed by atoms with Crippen LogP contribution in [0.3, 0.4) is 0 Å². The molecule has 0 aliphatic heterocycles. The SMILES string of the molecule is CC1(C)CCC(n2nnnc2CNC(C)(C)C)C1. The molecule has 1 aromatic rings. The second kappa shape index (κ2) is 4.61. The Kier molecular flexibility index (Phi) is 3.45. The monoisotopic (exact) mass is 251 g/mol. The lowest BCUT2D eigenvalue weighted by atomic mass is 9.92. The molecule has 1 aromatic heterocycles. The standard InChI is InChI=1S/C13H25N5/c1-12(2,3)14-9-11-15-16-17-18(11)10-6-7-13(4,5)8-10/h10,14H,6-9H2,1-5H3. The number of nitrogens with one attached hydrogen (secondary N) is 1. The Morgan fingerprint density at radius 3 is 2.67 bits per heavy atom. The van der Waals surface area contributed by atoms with Gasteiger partial charge in [0, 0.05) is 5.54 Å². The molecule has 2 rings (SSSR count). The second-order valence-corrected chi connectivity index (χ2v) is 7.20. The van der Waals surface area contributed by atoms with Gasteiger partial charge in [0.05, 0.1) is 12.6 Å². The van der Waals surface area contributed by atoms with Gasteiger partial charge < -0.3 is 5.32 Å². The first-order chi connectivity index (χ1) is 8.27. The molecule has 1 aliphatic carbocycles. The van der Waals surface area contributed by atoms with E-state index in [1.54, 1.807) is 0 Å². The quantitative estimate of drug-likeness (QED) is 0.895. The number of hydrogen-bond acceptors (Lipinski definition) is 4. The molecular weight excluding hydrogens is 226 g/mol. The van der Waals surface area contributed by atoms with E-state index in [1.807, 2.05) is 4.68 Å². The molecule has 0 aromatic carbocycles. The minimum atomic E-state index is 0.0890. The second-order valence-electron chi connectivity index (χ2n) is 7.20. The van der Waals surface area contributed by atoms with E-state index in [1.165, 1.54) is 19.3 Å². The fraction of sp³-hybridized carbons (Fsp3) is 0.923. The first-order valence-corrected chi connectivity index (χ1v) is 6.79. The van der Waals surface area contributed by atoms with Crippen LogP contribution < -0.4 is 5.32 Å². The molecule has 0 saturated heterocycles. The Labute approximate surface area is 109 Å². The van der Waals surface area contributed by atoms with E-state index in [0.29, 0.717) is 11.5 Å². The Morgan fingerprint density at radius 1 is 1.39 bits per heavy atom. The van der Waals surface area contributed by atoms with E-state index < -0.39 is 0 Å². The van der Waals surface area contributed by atoms with Crippen molar-refractivity contribution in [1.29, 1.82) is 0 Å². The zero-order chi connectivity index (χ0) is 13.4. The van der Waals surface area contributed by atoms with Crippen LogP contribution in [0.1, 0.15) is 65.7 Å². The molecule has 1 unspecified atom stereocenters. The van der Waals surface area contributed by atoms with Gasteiger partial charge in [-0.1, -0.05) is 13.8 Å². The Bertz CT molecular complexity index is 402. The molecule has 102 valence electrons. The van der Waals surface area contributed by atoms with Crippen LogP contribution in [0.4, 0.5) is 0 Å². The summed E-state index contributed by atoms with van der Waals surface area (Å²) in [7, 11) is 0. The molecule has 1 atom stereocenters. The van der Waals surface area contributed by atoms with Crippen LogP contribution in [-0.4, -0.2) is 25.7 Å². The molecule has 1 N–H and O–H groups in total. The first kappa shape index (κ1) is 13.5. The van der Waals surface area contributed by atoms with Crippen molar-refractivity contribution in [1.82, 2.24) is 25.5 Å². The third-order valence-electron chi connectivity index (χ3n) is 3.63. The summed E-state index contributed by atoms with van der Waals surface area (Å²) in [5, 5.41) is 15.6. The van der Waals surface area contributed by atoms with Gasteiger partial charge in [0.15, 0.2) is 5.82 Å². The van der Waals surface area contributed by atoms with Crippen LogP contribution in [0.2, 0.25) is 0 Å². The van der Waals surface area contributed by atoms with Gasteiger partial charge in [-0.3, -0.25) is 0 Å². The first-order valence-electron chi connectivity index (χ1n) is 6.79.